The lowest BCUT2D eigenvalue weighted by molar-refractivity contribution is -0.130. The molecule has 1 saturated carbocycles. The van der Waals surface area contributed by atoms with Gasteiger partial charge in [0.05, 0.1) is 0 Å². The van der Waals surface area contributed by atoms with Crippen LogP contribution in [0.1, 0.15) is 44.9 Å². The van der Waals surface area contributed by atoms with Crippen molar-refractivity contribution in [2.45, 2.75) is 57.0 Å². The van der Waals surface area contributed by atoms with Gasteiger partial charge in [-0.1, -0.05) is 0 Å². The first-order valence-corrected chi connectivity index (χ1v) is 6.98. The van der Waals surface area contributed by atoms with E-state index in [1.54, 1.807) is 0 Å². The highest BCUT2D eigenvalue weighted by Crippen LogP contribution is 2.25. The smallest absolute Gasteiger partial charge is 0.242 e. The molecule has 0 bridgehead atoms. The number of carbonyl (C=O) groups excluding carboxylic acids is 2. The summed E-state index contributed by atoms with van der Waals surface area (Å²) in [7, 11) is 0. The molecule has 1 saturated heterocycles. The number of rotatable bonds is 3. The summed E-state index contributed by atoms with van der Waals surface area (Å²) in [5, 5.41) is 5.62. The van der Waals surface area contributed by atoms with Crippen LogP contribution in [-0.2, 0) is 9.59 Å². The summed E-state index contributed by atoms with van der Waals surface area (Å²) in [5.41, 5.74) is 5.84. The van der Waals surface area contributed by atoms with Crippen LogP contribution < -0.4 is 16.4 Å². The average Bonchev–Trinajstić information content (AvgIpc) is 2.35. The molecule has 4 N–H and O–H groups in total. The van der Waals surface area contributed by atoms with Gasteiger partial charge in [0.25, 0.3) is 0 Å². The van der Waals surface area contributed by atoms with Crippen LogP contribution in [0.5, 0.6) is 0 Å². The molecule has 0 aromatic carbocycles. The number of nitrogens with two attached hydrogens (primary N) is 1. The Labute approximate surface area is 108 Å². The van der Waals surface area contributed by atoms with Gasteiger partial charge in [0.2, 0.25) is 11.8 Å². The van der Waals surface area contributed by atoms with E-state index in [0.717, 1.165) is 45.1 Å². The van der Waals surface area contributed by atoms with E-state index >= 15 is 0 Å². The maximum atomic E-state index is 11.9. The van der Waals surface area contributed by atoms with Crippen LogP contribution in [0.2, 0.25) is 0 Å². The van der Waals surface area contributed by atoms with Gasteiger partial charge < -0.3 is 16.4 Å². The molecule has 5 nitrogen and oxygen atoms in total. The van der Waals surface area contributed by atoms with E-state index in [1.165, 1.54) is 0 Å². The lowest BCUT2D eigenvalue weighted by atomic mass is 9.84. The van der Waals surface area contributed by atoms with E-state index in [2.05, 4.69) is 10.6 Å². The number of nitrogens with one attached hydrogen (secondary N) is 2. The molecule has 5 heteroatoms. The fraction of sp³-hybridized carbons (Fsp3) is 0.846. The predicted molar refractivity (Wildman–Crippen MR) is 68.7 cm³/mol. The van der Waals surface area contributed by atoms with Crippen LogP contribution in [0.3, 0.4) is 0 Å². The van der Waals surface area contributed by atoms with Gasteiger partial charge in [-0.2, -0.15) is 0 Å². The van der Waals surface area contributed by atoms with Crippen LogP contribution in [0.4, 0.5) is 0 Å². The molecular formula is C13H23N3O2. The SMILES string of the molecule is NC1CCC(CC(=O)NC2CCCNC2=O)CC1. The molecule has 0 spiro atoms. The molecule has 0 aromatic heterocycles. The van der Waals surface area contributed by atoms with Crippen LogP contribution in [0.25, 0.3) is 0 Å². The lowest BCUT2D eigenvalue weighted by Gasteiger charge is -2.27. The summed E-state index contributed by atoms with van der Waals surface area (Å²) in [6.07, 6.45) is 6.33. The maximum absolute atomic E-state index is 11.9. The predicted octanol–water partition coefficient (Wildman–Crippen LogP) is 0.289. The molecule has 1 aliphatic carbocycles. The Morgan fingerprint density at radius 3 is 2.67 bits per heavy atom. The first-order valence-electron chi connectivity index (χ1n) is 6.98. The van der Waals surface area contributed by atoms with Crippen molar-refractivity contribution in [2.24, 2.45) is 11.7 Å². The zero-order chi connectivity index (χ0) is 13.0. The zero-order valence-electron chi connectivity index (χ0n) is 10.8. The van der Waals surface area contributed by atoms with Crippen molar-refractivity contribution in [1.82, 2.24) is 10.6 Å². The van der Waals surface area contributed by atoms with E-state index in [0.29, 0.717) is 18.4 Å². The van der Waals surface area contributed by atoms with E-state index in [1.807, 2.05) is 0 Å². The minimum atomic E-state index is -0.322. The van der Waals surface area contributed by atoms with Gasteiger partial charge in [0, 0.05) is 19.0 Å². The van der Waals surface area contributed by atoms with Gasteiger partial charge in [0.1, 0.15) is 6.04 Å². The van der Waals surface area contributed by atoms with Crippen LogP contribution in [0.15, 0.2) is 0 Å². The Hall–Kier alpha value is -1.10. The van der Waals surface area contributed by atoms with Crippen LogP contribution in [-0.4, -0.2) is 30.4 Å². The molecule has 1 unspecified atom stereocenters. The molecule has 2 amide bonds. The topological polar surface area (TPSA) is 84.2 Å². The molecular weight excluding hydrogens is 230 g/mol. The fourth-order valence-corrected chi connectivity index (χ4v) is 2.82. The molecule has 1 atom stereocenters. The van der Waals surface area contributed by atoms with Gasteiger partial charge in [-0.05, 0) is 44.4 Å². The first kappa shape index (κ1) is 13.3. The average molecular weight is 253 g/mol. The molecule has 1 heterocycles. The number of amides is 2. The highest BCUT2D eigenvalue weighted by molar-refractivity contribution is 5.88. The largest absolute Gasteiger partial charge is 0.354 e. The van der Waals surface area contributed by atoms with Crippen molar-refractivity contribution in [2.75, 3.05) is 6.54 Å². The second-order valence-corrected chi connectivity index (χ2v) is 5.54. The van der Waals surface area contributed by atoms with Crippen molar-refractivity contribution in [3.8, 4) is 0 Å². The van der Waals surface area contributed by atoms with Gasteiger partial charge >= 0.3 is 0 Å². The highest BCUT2D eigenvalue weighted by Gasteiger charge is 2.26. The Balaban J connectivity index is 1.73. The summed E-state index contributed by atoms with van der Waals surface area (Å²) in [6, 6.07) is -0.00877. The molecule has 0 radical (unpaired) electrons. The Morgan fingerprint density at radius 2 is 2.00 bits per heavy atom. The fourth-order valence-electron chi connectivity index (χ4n) is 2.82. The van der Waals surface area contributed by atoms with Gasteiger partial charge in [-0.3, -0.25) is 9.59 Å². The van der Waals surface area contributed by atoms with Gasteiger partial charge in [0.15, 0.2) is 0 Å². The molecule has 102 valence electrons. The van der Waals surface area contributed by atoms with Crippen molar-refractivity contribution in [1.29, 1.82) is 0 Å². The second kappa shape index (κ2) is 6.18. The molecule has 18 heavy (non-hydrogen) atoms. The van der Waals surface area contributed by atoms with Gasteiger partial charge in [-0.15, -0.1) is 0 Å². The Bertz CT molecular complexity index is 311. The van der Waals surface area contributed by atoms with E-state index in [-0.39, 0.29) is 17.9 Å². The summed E-state index contributed by atoms with van der Waals surface area (Å²) in [4.78, 5) is 23.4. The van der Waals surface area contributed by atoms with Crippen LogP contribution >= 0.6 is 0 Å². The monoisotopic (exact) mass is 253 g/mol. The second-order valence-electron chi connectivity index (χ2n) is 5.54. The van der Waals surface area contributed by atoms with Crippen molar-refractivity contribution in [3.05, 3.63) is 0 Å². The minimum Gasteiger partial charge on any atom is -0.354 e. The molecule has 2 rings (SSSR count). The molecule has 0 aromatic rings. The van der Waals surface area contributed by atoms with Crippen LogP contribution in [0, 0.1) is 5.92 Å². The summed E-state index contributed by atoms with van der Waals surface area (Å²) in [5.74, 6) is 0.411. The normalized spacial score (nSPS) is 32.7. The van der Waals surface area contributed by atoms with Crippen molar-refractivity contribution < 1.29 is 9.59 Å². The van der Waals surface area contributed by atoms with E-state index in [9.17, 15) is 9.59 Å². The number of hydrogen-bond donors (Lipinski definition) is 3. The molecule has 2 aliphatic rings. The quantitative estimate of drug-likeness (QED) is 0.676. The number of hydrogen-bond acceptors (Lipinski definition) is 3. The summed E-state index contributed by atoms with van der Waals surface area (Å²) >= 11 is 0. The lowest BCUT2D eigenvalue weighted by Crippen LogP contribution is -2.50. The molecule has 2 fully saturated rings. The third kappa shape index (κ3) is 3.70. The number of piperidine rings is 1. The third-order valence-corrected chi connectivity index (χ3v) is 3.99. The Morgan fingerprint density at radius 1 is 1.28 bits per heavy atom. The van der Waals surface area contributed by atoms with Crippen molar-refractivity contribution in [3.63, 3.8) is 0 Å². The third-order valence-electron chi connectivity index (χ3n) is 3.99. The van der Waals surface area contributed by atoms with E-state index in [4.69, 9.17) is 5.73 Å². The summed E-state index contributed by atoms with van der Waals surface area (Å²) in [6.45, 7) is 0.728. The first-order chi connectivity index (χ1) is 8.65. The maximum Gasteiger partial charge on any atom is 0.242 e. The summed E-state index contributed by atoms with van der Waals surface area (Å²) < 4.78 is 0. The molecule has 1 aliphatic heterocycles. The Kier molecular flexibility index (Phi) is 4.58. The van der Waals surface area contributed by atoms with E-state index < -0.39 is 0 Å². The van der Waals surface area contributed by atoms with Crippen molar-refractivity contribution >= 4 is 11.8 Å². The minimum absolute atomic E-state index is 0.0116. The zero-order valence-corrected chi connectivity index (χ0v) is 10.8. The standard InChI is InChI=1S/C13H23N3O2/c14-10-5-3-9(4-6-10)8-12(17)16-11-2-1-7-15-13(11)18/h9-11H,1-8,14H2,(H,15,18)(H,16,17). The highest BCUT2D eigenvalue weighted by atomic mass is 16.2. The van der Waals surface area contributed by atoms with Gasteiger partial charge in [-0.25, -0.2) is 0 Å². The number of carbonyl (C=O) groups is 2.